The van der Waals surface area contributed by atoms with E-state index in [4.69, 9.17) is 20.9 Å². The van der Waals surface area contributed by atoms with Crippen molar-refractivity contribution in [2.75, 3.05) is 6.61 Å². The monoisotopic (exact) mass is 397 g/mol. The summed E-state index contributed by atoms with van der Waals surface area (Å²) >= 11 is 0. The Kier molecular flexibility index (Phi) is 6.49. The molecule has 7 nitrogen and oxygen atoms in total. The van der Waals surface area contributed by atoms with Crippen LogP contribution in [0, 0.1) is 11.8 Å². The first-order valence-electron chi connectivity index (χ1n) is 9.82. The summed E-state index contributed by atoms with van der Waals surface area (Å²) in [6, 6.07) is 8.61. The molecule has 1 aliphatic carbocycles. The number of hydrogen-bond acceptors (Lipinski definition) is 6. The number of carbonyl (C=O) groups excluding carboxylic acids is 2. The van der Waals surface area contributed by atoms with Crippen molar-refractivity contribution >= 4 is 11.9 Å². The molecule has 0 saturated heterocycles. The van der Waals surface area contributed by atoms with Crippen LogP contribution in [0.25, 0.3) is 11.3 Å². The van der Waals surface area contributed by atoms with Crippen LogP contribution >= 0.6 is 0 Å². The number of amides is 1. The highest BCUT2D eigenvalue weighted by atomic mass is 16.6. The molecule has 29 heavy (non-hydrogen) atoms. The molecule has 2 aromatic rings. The van der Waals surface area contributed by atoms with Gasteiger partial charge in [0.25, 0.3) is 5.91 Å². The van der Waals surface area contributed by atoms with Crippen LogP contribution in [0.1, 0.15) is 55.3 Å². The number of primary amides is 1. The summed E-state index contributed by atoms with van der Waals surface area (Å²) < 4.78 is 11.1. The standard InChI is InChI=1S/C22H27N3O4/c1-13(2)10-19(26)29-22(24)16-4-3-9-25-20(16)15-7-8-18(17(11-15)21(23)27)28-12-14-5-6-14/h3-4,7-9,11,13-14,22H,5-6,10,12,24H2,1-2H3,(H2,23,27). The van der Waals surface area contributed by atoms with Crippen LogP contribution in [-0.4, -0.2) is 23.5 Å². The van der Waals surface area contributed by atoms with E-state index in [9.17, 15) is 9.59 Å². The fourth-order valence-corrected chi connectivity index (χ4v) is 2.96. The number of carbonyl (C=O) groups is 2. The van der Waals surface area contributed by atoms with Gasteiger partial charge >= 0.3 is 5.97 Å². The zero-order chi connectivity index (χ0) is 21.0. The molecule has 0 radical (unpaired) electrons. The van der Waals surface area contributed by atoms with Crippen LogP contribution in [0.4, 0.5) is 0 Å². The highest BCUT2D eigenvalue weighted by Gasteiger charge is 2.24. The molecule has 1 atom stereocenters. The van der Waals surface area contributed by atoms with Crippen LogP contribution in [-0.2, 0) is 9.53 Å². The molecule has 4 N–H and O–H groups in total. The van der Waals surface area contributed by atoms with Gasteiger partial charge in [0, 0.05) is 23.7 Å². The summed E-state index contributed by atoms with van der Waals surface area (Å²) in [6.45, 7) is 4.44. The molecule has 7 heteroatoms. The lowest BCUT2D eigenvalue weighted by Crippen LogP contribution is -2.21. The Hall–Kier alpha value is -2.93. The number of esters is 1. The molecule has 0 aliphatic heterocycles. The Balaban J connectivity index is 1.87. The lowest BCUT2D eigenvalue weighted by Gasteiger charge is -2.18. The average molecular weight is 397 g/mol. The summed E-state index contributed by atoms with van der Waals surface area (Å²) in [5.41, 5.74) is 13.7. The first kappa shape index (κ1) is 20.8. The summed E-state index contributed by atoms with van der Waals surface area (Å²) in [7, 11) is 0. The molecule has 0 spiro atoms. The van der Waals surface area contributed by atoms with E-state index in [1.807, 2.05) is 13.8 Å². The minimum Gasteiger partial charge on any atom is -0.492 e. The molecule has 3 rings (SSSR count). The summed E-state index contributed by atoms with van der Waals surface area (Å²) in [6.07, 6.45) is 3.22. The van der Waals surface area contributed by atoms with Crippen molar-refractivity contribution < 1.29 is 19.1 Å². The van der Waals surface area contributed by atoms with Crippen LogP contribution in [0.5, 0.6) is 5.75 Å². The van der Waals surface area contributed by atoms with Gasteiger partial charge in [0.05, 0.1) is 17.9 Å². The molecule has 1 fully saturated rings. The van der Waals surface area contributed by atoms with E-state index in [2.05, 4.69) is 4.98 Å². The maximum atomic E-state index is 12.0. The Bertz CT molecular complexity index is 893. The number of nitrogens with zero attached hydrogens (tertiary/aromatic N) is 1. The highest BCUT2D eigenvalue weighted by molar-refractivity contribution is 5.97. The Labute approximate surface area is 170 Å². The Morgan fingerprint density at radius 2 is 2.00 bits per heavy atom. The smallest absolute Gasteiger partial charge is 0.307 e. The Morgan fingerprint density at radius 1 is 1.24 bits per heavy atom. The third kappa shape index (κ3) is 5.54. The summed E-state index contributed by atoms with van der Waals surface area (Å²) in [5.74, 6) is 0.228. The maximum absolute atomic E-state index is 12.0. The fourth-order valence-electron chi connectivity index (χ4n) is 2.96. The number of nitrogens with two attached hydrogens (primary N) is 2. The fraction of sp³-hybridized carbons (Fsp3) is 0.409. The van der Waals surface area contributed by atoms with Crippen molar-refractivity contribution in [3.8, 4) is 17.0 Å². The van der Waals surface area contributed by atoms with Gasteiger partial charge in [0.2, 0.25) is 0 Å². The van der Waals surface area contributed by atoms with Crippen molar-refractivity contribution in [3.63, 3.8) is 0 Å². The van der Waals surface area contributed by atoms with Crippen molar-refractivity contribution in [1.29, 1.82) is 0 Å². The van der Waals surface area contributed by atoms with Gasteiger partial charge in [0.1, 0.15) is 5.75 Å². The third-order valence-electron chi connectivity index (χ3n) is 4.67. The quantitative estimate of drug-likeness (QED) is 0.496. The van der Waals surface area contributed by atoms with Gasteiger partial charge in [-0.2, -0.15) is 0 Å². The van der Waals surface area contributed by atoms with E-state index in [0.29, 0.717) is 35.1 Å². The summed E-state index contributed by atoms with van der Waals surface area (Å²) in [4.78, 5) is 28.4. The van der Waals surface area contributed by atoms with Gasteiger partial charge in [-0.1, -0.05) is 19.9 Å². The number of hydrogen-bond donors (Lipinski definition) is 2. The lowest BCUT2D eigenvalue weighted by molar-refractivity contribution is -0.150. The number of rotatable bonds is 9. The van der Waals surface area contributed by atoms with E-state index in [1.54, 1.807) is 36.5 Å². The zero-order valence-corrected chi connectivity index (χ0v) is 16.8. The van der Waals surface area contributed by atoms with E-state index >= 15 is 0 Å². The second-order valence-corrected chi connectivity index (χ2v) is 7.78. The normalized spacial score (nSPS) is 14.5. The minimum atomic E-state index is -0.965. The summed E-state index contributed by atoms with van der Waals surface area (Å²) in [5, 5.41) is 0. The molecular weight excluding hydrogens is 370 g/mol. The van der Waals surface area contributed by atoms with Crippen LogP contribution in [0.3, 0.4) is 0 Å². The minimum absolute atomic E-state index is 0.171. The average Bonchev–Trinajstić information content (AvgIpc) is 3.50. The van der Waals surface area contributed by atoms with Crippen LogP contribution < -0.4 is 16.2 Å². The van der Waals surface area contributed by atoms with Crippen molar-refractivity contribution in [2.24, 2.45) is 23.3 Å². The van der Waals surface area contributed by atoms with E-state index in [-0.39, 0.29) is 23.9 Å². The van der Waals surface area contributed by atoms with Crippen molar-refractivity contribution in [2.45, 2.75) is 39.3 Å². The second kappa shape index (κ2) is 9.05. The van der Waals surface area contributed by atoms with Crippen LogP contribution in [0.2, 0.25) is 0 Å². The number of aromatic nitrogens is 1. The first-order chi connectivity index (χ1) is 13.8. The molecule has 1 amide bonds. The Morgan fingerprint density at radius 3 is 2.66 bits per heavy atom. The van der Waals surface area contributed by atoms with Gasteiger partial charge < -0.3 is 15.2 Å². The molecule has 1 aromatic carbocycles. The molecule has 1 aliphatic rings. The zero-order valence-electron chi connectivity index (χ0n) is 16.8. The predicted molar refractivity (Wildman–Crippen MR) is 109 cm³/mol. The van der Waals surface area contributed by atoms with Gasteiger partial charge in [0.15, 0.2) is 6.23 Å². The molecule has 1 unspecified atom stereocenters. The van der Waals surface area contributed by atoms with Gasteiger partial charge in [-0.25, -0.2) is 0 Å². The number of benzene rings is 1. The molecule has 154 valence electrons. The molecule has 1 aromatic heterocycles. The van der Waals surface area contributed by atoms with Crippen molar-refractivity contribution in [3.05, 3.63) is 47.7 Å². The SMILES string of the molecule is CC(C)CC(=O)OC(N)c1cccnc1-c1ccc(OCC2CC2)c(C(N)=O)c1. The van der Waals surface area contributed by atoms with Crippen LogP contribution in [0.15, 0.2) is 36.5 Å². The van der Waals surface area contributed by atoms with Gasteiger partial charge in [-0.15, -0.1) is 0 Å². The lowest BCUT2D eigenvalue weighted by atomic mass is 10.0. The van der Waals surface area contributed by atoms with E-state index in [1.165, 1.54) is 0 Å². The second-order valence-electron chi connectivity index (χ2n) is 7.78. The predicted octanol–water partition coefficient (Wildman–Crippen LogP) is 3.18. The molecular formula is C22H27N3O4. The molecule has 1 heterocycles. The van der Waals surface area contributed by atoms with Crippen molar-refractivity contribution in [1.82, 2.24) is 4.98 Å². The molecule has 0 bridgehead atoms. The molecule has 1 saturated carbocycles. The topological polar surface area (TPSA) is 118 Å². The highest BCUT2D eigenvalue weighted by Crippen LogP contribution is 2.33. The third-order valence-corrected chi connectivity index (χ3v) is 4.67. The first-order valence-corrected chi connectivity index (χ1v) is 9.82. The van der Waals surface area contributed by atoms with Gasteiger partial charge in [-0.05, 0) is 48.9 Å². The number of pyridine rings is 1. The van der Waals surface area contributed by atoms with E-state index in [0.717, 1.165) is 12.8 Å². The largest absolute Gasteiger partial charge is 0.492 e. The maximum Gasteiger partial charge on any atom is 0.307 e. The number of ether oxygens (including phenoxy) is 2. The van der Waals surface area contributed by atoms with Gasteiger partial charge in [-0.3, -0.25) is 20.3 Å². The van der Waals surface area contributed by atoms with E-state index < -0.39 is 12.1 Å².